The predicted octanol–water partition coefficient (Wildman–Crippen LogP) is 2.70. The van der Waals surface area contributed by atoms with Crippen LogP contribution >= 0.6 is 0 Å². The minimum atomic E-state index is -0.537. The van der Waals surface area contributed by atoms with Gasteiger partial charge < -0.3 is 29.1 Å². The van der Waals surface area contributed by atoms with E-state index in [1.165, 1.54) is 0 Å². The van der Waals surface area contributed by atoms with Crippen LogP contribution in [0.15, 0.2) is 46.8 Å². The van der Waals surface area contributed by atoms with Crippen LogP contribution in [0.2, 0.25) is 0 Å². The first-order chi connectivity index (χ1) is 13.7. The van der Waals surface area contributed by atoms with Gasteiger partial charge in [0.25, 0.3) is 5.91 Å². The average Bonchev–Trinajstić information content (AvgIpc) is 3.15. The lowest BCUT2D eigenvalue weighted by atomic mass is 9.92. The number of unbranched alkanes of at least 4 members (excludes halogenated alkanes) is 1. The first-order valence-corrected chi connectivity index (χ1v) is 9.57. The van der Waals surface area contributed by atoms with Gasteiger partial charge in [0.05, 0.1) is 19.5 Å². The number of aliphatic hydroxyl groups excluding tert-OH is 1. The number of furan rings is 1. The lowest BCUT2D eigenvalue weighted by Gasteiger charge is -2.29. The van der Waals surface area contributed by atoms with Crippen LogP contribution in [0, 0.1) is 0 Å². The van der Waals surface area contributed by atoms with Crippen molar-refractivity contribution in [2.24, 2.45) is 0 Å². The molecule has 0 aliphatic carbocycles. The lowest BCUT2D eigenvalue weighted by Crippen LogP contribution is -2.34. The van der Waals surface area contributed by atoms with Gasteiger partial charge >= 0.3 is 0 Å². The Morgan fingerprint density at radius 1 is 1.29 bits per heavy atom. The number of hydrogen-bond donors (Lipinski definition) is 2. The molecule has 152 valence electrons. The van der Waals surface area contributed by atoms with Gasteiger partial charge in [-0.3, -0.25) is 4.79 Å². The van der Waals surface area contributed by atoms with E-state index in [1.54, 1.807) is 13.4 Å². The zero-order valence-corrected chi connectivity index (χ0v) is 16.1. The quantitative estimate of drug-likeness (QED) is 0.607. The number of rotatable bonds is 10. The Labute approximate surface area is 164 Å². The van der Waals surface area contributed by atoms with E-state index in [2.05, 4.69) is 5.32 Å². The van der Waals surface area contributed by atoms with Gasteiger partial charge in [0, 0.05) is 43.5 Å². The first-order valence-electron chi connectivity index (χ1n) is 9.57. The Bertz CT molecular complexity index is 799. The van der Waals surface area contributed by atoms with Crippen molar-refractivity contribution in [2.75, 3.05) is 33.5 Å². The number of ether oxygens (including phenoxy) is 3. The third kappa shape index (κ3) is 5.13. The molecule has 7 heteroatoms. The fourth-order valence-electron chi connectivity index (χ4n) is 3.20. The van der Waals surface area contributed by atoms with Gasteiger partial charge in [-0.1, -0.05) is 18.2 Å². The van der Waals surface area contributed by atoms with Crippen molar-refractivity contribution < 1.29 is 28.5 Å². The highest BCUT2D eigenvalue weighted by atomic mass is 16.7. The summed E-state index contributed by atoms with van der Waals surface area (Å²) in [5.41, 5.74) is 1.81. The topological polar surface area (TPSA) is 90.2 Å². The molecule has 0 bridgehead atoms. The fourth-order valence-corrected chi connectivity index (χ4v) is 3.20. The largest absolute Gasteiger partial charge is 0.464 e. The summed E-state index contributed by atoms with van der Waals surface area (Å²) >= 11 is 0. The van der Waals surface area contributed by atoms with E-state index in [0.717, 1.165) is 23.0 Å². The minimum Gasteiger partial charge on any atom is -0.464 e. The Balaban J connectivity index is 1.77. The number of carbonyl (C=O) groups excluding carboxylic acids is 1. The van der Waals surface area contributed by atoms with Gasteiger partial charge in [-0.2, -0.15) is 0 Å². The molecule has 1 aromatic carbocycles. The first kappa shape index (κ1) is 20.4. The zero-order chi connectivity index (χ0) is 19.8. The Hall–Kier alpha value is -2.35. The monoisotopic (exact) mass is 389 g/mol. The van der Waals surface area contributed by atoms with Crippen molar-refractivity contribution in [3.8, 4) is 0 Å². The van der Waals surface area contributed by atoms with Crippen LogP contribution in [-0.2, 0) is 19.0 Å². The molecular weight excluding hydrogens is 362 g/mol. The molecule has 1 amide bonds. The third-order valence-corrected chi connectivity index (χ3v) is 4.64. The number of nitrogens with one attached hydrogen (secondary N) is 1. The summed E-state index contributed by atoms with van der Waals surface area (Å²) < 4.78 is 22.3. The smallest absolute Gasteiger partial charge is 0.286 e. The molecule has 1 aliphatic rings. The molecule has 2 N–H and O–H groups in total. The summed E-state index contributed by atoms with van der Waals surface area (Å²) in [6.45, 7) is 1.42. The number of hydrogen-bond acceptors (Lipinski definition) is 6. The number of aliphatic hydroxyl groups is 1. The van der Waals surface area contributed by atoms with Crippen molar-refractivity contribution in [1.29, 1.82) is 0 Å². The van der Waals surface area contributed by atoms with Crippen LogP contribution < -0.4 is 5.32 Å². The minimum absolute atomic E-state index is 0.0663. The summed E-state index contributed by atoms with van der Waals surface area (Å²) in [5.74, 6) is -0.119. The zero-order valence-electron chi connectivity index (χ0n) is 16.1. The van der Waals surface area contributed by atoms with Gasteiger partial charge in [-0.15, -0.1) is 0 Å². The number of methoxy groups -OCH3 is 1. The SMILES string of the molecule is COCCNC(=O)C1=C[C@H](c2coc3ccccc23)C[C@H](OCCCCO)O1. The normalized spacial score (nSPS) is 19.3. The van der Waals surface area contributed by atoms with Crippen molar-refractivity contribution in [2.45, 2.75) is 31.5 Å². The maximum Gasteiger partial charge on any atom is 0.286 e. The second-order valence-corrected chi connectivity index (χ2v) is 6.66. The molecule has 0 spiro atoms. The molecule has 0 saturated carbocycles. The van der Waals surface area contributed by atoms with E-state index >= 15 is 0 Å². The Morgan fingerprint density at radius 3 is 2.96 bits per heavy atom. The Kier molecular flexibility index (Phi) is 7.47. The highest BCUT2D eigenvalue weighted by Gasteiger charge is 2.30. The number of carbonyl (C=O) groups is 1. The van der Waals surface area contributed by atoms with Crippen LogP contribution in [0.3, 0.4) is 0 Å². The molecule has 28 heavy (non-hydrogen) atoms. The molecule has 2 heterocycles. The third-order valence-electron chi connectivity index (χ3n) is 4.64. The maximum absolute atomic E-state index is 12.5. The average molecular weight is 389 g/mol. The molecule has 1 aromatic heterocycles. The molecule has 0 saturated heterocycles. The van der Waals surface area contributed by atoms with Crippen LogP contribution in [0.5, 0.6) is 0 Å². The highest BCUT2D eigenvalue weighted by Crippen LogP contribution is 2.36. The summed E-state index contributed by atoms with van der Waals surface area (Å²) in [4.78, 5) is 12.5. The van der Waals surface area contributed by atoms with Gasteiger partial charge in [0.2, 0.25) is 6.29 Å². The van der Waals surface area contributed by atoms with Gasteiger partial charge in [-0.05, 0) is 25.0 Å². The molecule has 2 aromatic rings. The fraction of sp³-hybridized carbons (Fsp3) is 0.476. The van der Waals surface area contributed by atoms with Gasteiger partial charge in [-0.25, -0.2) is 0 Å². The second kappa shape index (κ2) is 10.3. The molecule has 7 nitrogen and oxygen atoms in total. The van der Waals surface area contributed by atoms with Crippen LogP contribution in [0.4, 0.5) is 0 Å². The van der Waals surface area contributed by atoms with Gasteiger partial charge in [0.15, 0.2) is 5.76 Å². The number of amides is 1. The molecule has 0 unspecified atom stereocenters. The number of benzene rings is 1. The Morgan fingerprint density at radius 2 is 2.14 bits per heavy atom. The standard InChI is InChI=1S/C21H27NO6/c1-25-11-8-22-21(24)19-12-15(13-20(28-19)26-10-5-4-9-23)17-14-27-18-7-3-2-6-16(17)18/h2-3,6-7,12,14-15,20,23H,4-5,8-11,13H2,1H3,(H,22,24)/t15-,20+/m0/s1. The van der Waals surface area contributed by atoms with Gasteiger partial charge in [0.1, 0.15) is 5.58 Å². The molecule has 0 fully saturated rings. The number of para-hydroxylation sites is 1. The van der Waals surface area contributed by atoms with Crippen molar-refractivity contribution >= 4 is 16.9 Å². The van der Waals surface area contributed by atoms with Crippen molar-refractivity contribution in [3.63, 3.8) is 0 Å². The maximum atomic E-state index is 12.5. The summed E-state index contributed by atoms with van der Waals surface area (Å²) in [7, 11) is 1.58. The lowest BCUT2D eigenvalue weighted by molar-refractivity contribution is -0.146. The van der Waals surface area contributed by atoms with E-state index in [4.69, 9.17) is 23.7 Å². The van der Waals surface area contributed by atoms with Crippen molar-refractivity contribution in [3.05, 3.63) is 47.9 Å². The second-order valence-electron chi connectivity index (χ2n) is 6.66. The van der Waals surface area contributed by atoms with Crippen molar-refractivity contribution in [1.82, 2.24) is 5.32 Å². The summed E-state index contributed by atoms with van der Waals surface area (Å²) in [5, 5.41) is 12.7. The summed E-state index contributed by atoms with van der Waals surface area (Å²) in [6.07, 6.45) is 5.01. The van der Waals surface area contributed by atoms with E-state index in [0.29, 0.717) is 32.6 Å². The summed E-state index contributed by atoms with van der Waals surface area (Å²) in [6, 6.07) is 7.82. The molecule has 1 aliphatic heterocycles. The number of fused-ring (bicyclic) bond motifs is 1. The van der Waals surface area contributed by atoms with E-state index < -0.39 is 6.29 Å². The predicted molar refractivity (Wildman–Crippen MR) is 104 cm³/mol. The van der Waals surface area contributed by atoms with Crippen LogP contribution in [-0.4, -0.2) is 50.8 Å². The van der Waals surface area contributed by atoms with Crippen LogP contribution in [0.25, 0.3) is 11.0 Å². The van der Waals surface area contributed by atoms with Crippen LogP contribution in [0.1, 0.15) is 30.7 Å². The van der Waals surface area contributed by atoms with E-state index in [-0.39, 0.29) is 24.2 Å². The van der Waals surface area contributed by atoms with E-state index in [1.807, 2.05) is 30.3 Å². The van der Waals surface area contributed by atoms with E-state index in [9.17, 15) is 4.79 Å². The molecule has 2 atom stereocenters. The highest BCUT2D eigenvalue weighted by molar-refractivity contribution is 5.92. The number of allylic oxidation sites excluding steroid dienone is 1. The molecular formula is C21H27NO6. The molecule has 0 radical (unpaired) electrons. The molecule has 3 rings (SSSR count).